The number of hydrogen-bond acceptors (Lipinski definition) is 5. The Morgan fingerprint density at radius 2 is 2.05 bits per heavy atom. The summed E-state index contributed by atoms with van der Waals surface area (Å²) in [4.78, 5) is 25.6. The summed E-state index contributed by atoms with van der Waals surface area (Å²) >= 11 is 0. The van der Waals surface area contributed by atoms with E-state index in [1.165, 1.54) is 7.11 Å². The first-order valence-corrected chi connectivity index (χ1v) is 7.19. The van der Waals surface area contributed by atoms with E-state index in [0.29, 0.717) is 43.4 Å². The van der Waals surface area contributed by atoms with Crippen LogP contribution in [0.3, 0.4) is 0 Å². The molecule has 0 unspecified atom stereocenters. The molecule has 7 nitrogen and oxygen atoms in total. The number of methoxy groups -OCH3 is 1. The molecule has 2 rings (SSSR count). The Morgan fingerprint density at radius 3 is 2.68 bits per heavy atom. The Bertz CT molecular complexity index is 542. The fourth-order valence-corrected chi connectivity index (χ4v) is 2.23. The van der Waals surface area contributed by atoms with Gasteiger partial charge in [0.15, 0.2) is 0 Å². The zero-order chi connectivity index (χ0) is 15.9. The Hall–Kier alpha value is -2.28. The van der Waals surface area contributed by atoms with Gasteiger partial charge in [0, 0.05) is 31.6 Å². The van der Waals surface area contributed by atoms with Crippen molar-refractivity contribution in [1.82, 2.24) is 4.90 Å². The molecule has 2 amide bonds. The van der Waals surface area contributed by atoms with Crippen LogP contribution in [0.4, 0.5) is 11.4 Å². The number of rotatable bonds is 5. The molecule has 1 fully saturated rings. The minimum Gasteiger partial charge on any atom is -0.495 e. The van der Waals surface area contributed by atoms with E-state index in [4.69, 9.17) is 15.2 Å². The van der Waals surface area contributed by atoms with E-state index in [1.807, 2.05) is 0 Å². The Kier molecular flexibility index (Phi) is 5.60. The van der Waals surface area contributed by atoms with Crippen LogP contribution in [-0.4, -0.2) is 50.1 Å². The molecular weight excluding hydrogens is 286 g/mol. The fraction of sp³-hybridized carbons (Fsp3) is 0.467. The summed E-state index contributed by atoms with van der Waals surface area (Å²) in [7, 11) is 1.53. The molecule has 1 aliphatic heterocycles. The molecule has 120 valence electrons. The first-order valence-electron chi connectivity index (χ1n) is 7.19. The van der Waals surface area contributed by atoms with Crippen molar-refractivity contribution in [2.75, 3.05) is 44.5 Å². The number of morpholine rings is 1. The van der Waals surface area contributed by atoms with Gasteiger partial charge in [-0.2, -0.15) is 0 Å². The molecule has 22 heavy (non-hydrogen) atoms. The van der Waals surface area contributed by atoms with Gasteiger partial charge in [-0.25, -0.2) is 0 Å². The predicted molar refractivity (Wildman–Crippen MR) is 82.7 cm³/mol. The van der Waals surface area contributed by atoms with E-state index in [0.717, 1.165) is 0 Å². The molecule has 0 aromatic heterocycles. The highest BCUT2D eigenvalue weighted by Gasteiger charge is 2.17. The number of nitrogen functional groups attached to an aromatic ring is 1. The lowest BCUT2D eigenvalue weighted by Crippen LogP contribution is -2.40. The molecule has 0 bridgehead atoms. The lowest BCUT2D eigenvalue weighted by atomic mass is 10.2. The molecule has 1 aromatic carbocycles. The quantitative estimate of drug-likeness (QED) is 0.787. The lowest BCUT2D eigenvalue weighted by Gasteiger charge is -2.26. The van der Waals surface area contributed by atoms with Crippen molar-refractivity contribution in [2.45, 2.75) is 12.8 Å². The maximum atomic E-state index is 11.9. The summed E-state index contributed by atoms with van der Waals surface area (Å²) in [5, 5.41) is 2.72. The van der Waals surface area contributed by atoms with E-state index in [1.54, 1.807) is 23.1 Å². The molecule has 0 radical (unpaired) electrons. The van der Waals surface area contributed by atoms with Crippen LogP contribution in [-0.2, 0) is 14.3 Å². The number of anilines is 2. The Morgan fingerprint density at radius 1 is 1.32 bits per heavy atom. The zero-order valence-electron chi connectivity index (χ0n) is 12.6. The minimum absolute atomic E-state index is 0.0207. The van der Waals surface area contributed by atoms with Crippen LogP contribution >= 0.6 is 0 Å². The zero-order valence-corrected chi connectivity index (χ0v) is 12.6. The average Bonchev–Trinajstić information content (AvgIpc) is 2.53. The average molecular weight is 307 g/mol. The molecule has 1 saturated heterocycles. The van der Waals surface area contributed by atoms with E-state index in [9.17, 15) is 9.59 Å². The van der Waals surface area contributed by atoms with Crippen LogP contribution in [0.2, 0.25) is 0 Å². The van der Waals surface area contributed by atoms with Gasteiger partial charge >= 0.3 is 0 Å². The highest BCUT2D eigenvalue weighted by Crippen LogP contribution is 2.24. The van der Waals surface area contributed by atoms with E-state index in [-0.39, 0.29) is 24.7 Å². The van der Waals surface area contributed by atoms with Crippen molar-refractivity contribution in [3.8, 4) is 5.75 Å². The summed E-state index contributed by atoms with van der Waals surface area (Å²) in [6.07, 6.45) is 0.333. The summed E-state index contributed by atoms with van der Waals surface area (Å²) in [6.45, 7) is 2.30. The molecule has 3 N–H and O–H groups in total. The largest absolute Gasteiger partial charge is 0.495 e. The standard InChI is InChI=1S/C15H21N3O4/c1-21-13-3-2-11(10-12(13)16)17-14(19)4-5-15(20)18-6-8-22-9-7-18/h2-3,10H,4-9,16H2,1H3,(H,17,19). The normalized spacial score (nSPS) is 14.5. The third-order valence-corrected chi connectivity index (χ3v) is 3.44. The summed E-state index contributed by atoms with van der Waals surface area (Å²) in [5.41, 5.74) is 6.81. The summed E-state index contributed by atoms with van der Waals surface area (Å²) in [6, 6.07) is 5.02. The SMILES string of the molecule is COc1ccc(NC(=O)CCC(=O)N2CCOCC2)cc1N. The highest BCUT2D eigenvalue weighted by atomic mass is 16.5. The molecule has 0 atom stereocenters. The second-order valence-electron chi connectivity index (χ2n) is 5.00. The van der Waals surface area contributed by atoms with E-state index >= 15 is 0 Å². The number of hydrogen-bond donors (Lipinski definition) is 2. The van der Waals surface area contributed by atoms with Gasteiger partial charge in [-0.05, 0) is 18.2 Å². The number of ether oxygens (including phenoxy) is 2. The van der Waals surface area contributed by atoms with Gasteiger partial charge in [-0.15, -0.1) is 0 Å². The molecular formula is C15H21N3O4. The van der Waals surface area contributed by atoms with Gasteiger partial charge in [0.2, 0.25) is 11.8 Å². The van der Waals surface area contributed by atoms with Crippen LogP contribution in [0.15, 0.2) is 18.2 Å². The Balaban J connectivity index is 1.80. The lowest BCUT2D eigenvalue weighted by molar-refractivity contribution is -0.136. The predicted octanol–water partition coefficient (Wildman–Crippen LogP) is 0.855. The van der Waals surface area contributed by atoms with Crippen molar-refractivity contribution < 1.29 is 19.1 Å². The van der Waals surface area contributed by atoms with Crippen molar-refractivity contribution in [2.24, 2.45) is 0 Å². The van der Waals surface area contributed by atoms with Crippen molar-refractivity contribution in [3.63, 3.8) is 0 Å². The molecule has 1 aromatic rings. The second-order valence-corrected chi connectivity index (χ2v) is 5.00. The topological polar surface area (TPSA) is 93.9 Å². The summed E-state index contributed by atoms with van der Waals surface area (Å²) in [5.74, 6) is 0.319. The molecule has 0 saturated carbocycles. The van der Waals surface area contributed by atoms with Crippen molar-refractivity contribution in [1.29, 1.82) is 0 Å². The Labute approximate surface area is 129 Å². The molecule has 0 aliphatic carbocycles. The van der Waals surface area contributed by atoms with Gasteiger partial charge in [0.25, 0.3) is 0 Å². The van der Waals surface area contributed by atoms with Crippen molar-refractivity contribution in [3.05, 3.63) is 18.2 Å². The molecule has 1 heterocycles. The van der Waals surface area contributed by atoms with Crippen LogP contribution in [0.25, 0.3) is 0 Å². The second kappa shape index (κ2) is 7.65. The summed E-state index contributed by atoms with van der Waals surface area (Å²) < 4.78 is 10.2. The maximum Gasteiger partial charge on any atom is 0.224 e. The highest BCUT2D eigenvalue weighted by molar-refractivity contribution is 5.93. The van der Waals surface area contributed by atoms with Crippen LogP contribution in [0.5, 0.6) is 5.75 Å². The fourth-order valence-electron chi connectivity index (χ4n) is 2.23. The third-order valence-electron chi connectivity index (χ3n) is 3.44. The third kappa shape index (κ3) is 4.36. The van der Waals surface area contributed by atoms with Crippen LogP contribution < -0.4 is 15.8 Å². The molecule has 7 heteroatoms. The van der Waals surface area contributed by atoms with E-state index < -0.39 is 0 Å². The smallest absolute Gasteiger partial charge is 0.224 e. The van der Waals surface area contributed by atoms with Crippen molar-refractivity contribution >= 4 is 23.2 Å². The first kappa shape index (κ1) is 16.1. The number of carbonyl (C=O) groups excluding carboxylic acids is 2. The van der Waals surface area contributed by atoms with Gasteiger partial charge in [0.05, 0.1) is 26.0 Å². The van der Waals surface area contributed by atoms with Gasteiger partial charge in [-0.3, -0.25) is 9.59 Å². The van der Waals surface area contributed by atoms with Gasteiger partial charge in [0.1, 0.15) is 5.75 Å². The monoisotopic (exact) mass is 307 g/mol. The van der Waals surface area contributed by atoms with Gasteiger partial charge in [-0.1, -0.05) is 0 Å². The number of nitrogens with zero attached hydrogens (tertiary/aromatic N) is 1. The first-order chi connectivity index (χ1) is 10.6. The number of nitrogens with two attached hydrogens (primary N) is 1. The maximum absolute atomic E-state index is 11.9. The van der Waals surface area contributed by atoms with Crippen LogP contribution in [0.1, 0.15) is 12.8 Å². The number of nitrogens with one attached hydrogen (secondary N) is 1. The number of carbonyl (C=O) groups is 2. The van der Waals surface area contributed by atoms with Gasteiger partial charge < -0.3 is 25.4 Å². The van der Waals surface area contributed by atoms with E-state index in [2.05, 4.69) is 5.32 Å². The molecule has 0 spiro atoms. The number of amides is 2. The minimum atomic E-state index is -0.217. The van der Waals surface area contributed by atoms with Crippen LogP contribution in [0, 0.1) is 0 Å². The number of benzene rings is 1. The molecule has 1 aliphatic rings.